The van der Waals surface area contributed by atoms with Crippen molar-refractivity contribution in [3.63, 3.8) is 0 Å². The van der Waals surface area contributed by atoms with Crippen LogP contribution in [0.25, 0.3) is 0 Å². The Morgan fingerprint density at radius 2 is 2.04 bits per heavy atom. The summed E-state index contributed by atoms with van der Waals surface area (Å²) in [5, 5.41) is 0.122. The van der Waals surface area contributed by atoms with E-state index in [0.717, 1.165) is 0 Å². The Kier molecular flexibility index (Phi) is 6.60. The number of ether oxygens (including phenoxy) is 1. The monoisotopic (exact) mass is 399 g/mol. The number of nitrogens with zero attached hydrogens (tertiary/aromatic N) is 1. The van der Waals surface area contributed by atoms with E-state index in [4.69, 9.17) is 22.1 Å². The third-order valence-corrected chi connectivity index (χ3v) is 5.54. The predicted molar refractivity (Wildman–Crippen MR) is 104 cm³/mol. The fourth-order valence-corrected chi connectivity index (χ4v) is 3.23. The van der Waals surface area contributed by atoms with Crippen LogP contribution in [0, 0.1) is 5.82 Å². The minimum atomic E-state index is -1.35. The van der Waals surface area contributed by atoms with Gasteiger partial charge in [0.05, 0.1) is 32.6 Å². The molecule has 0 aliphatic carbocycles. The third-order valence-electron chi connectivity index (χ3n) is 3.63. The molecule has 26 heavy (non-hydrogen) atoms. The molecule has 5 nitrogen and oxygen atoms in total. The summed E-state index contributed by atoms with van der Waals surface area (Å²) in [6, 6.07) is 5.80. The van der Waals surface area contributed by atoms with Gasteiger partial charge >= 0.3 is 0 Å². The number of hydrogen-bond donors (Lipinski definition) is 2. The minimum Gasteiger partial charge on any atom is -0.434 e. The van der Waals surface area contributed by atoms with E-state index in [1.54, 1.807) is 18.2 Å². The summed E-state index contributed by atoms with van der Waals surface area (Å²) in [6.45, 7) is 7.43. The smallest absolute Gasteiger partial charge is 0.219 e. The average molecular weight is 400 g/mol. The SMILES string of the molecule is CC[C@@H](NS(=O)C(C)(C)C)c1ccc(Cl)c(Oc2ccc(N)cn2)c1F. The maximum absolute atomic E-state index is 15.1. The topological polar surface area (TPSA) is 77.2 Å². The fourth-order valence-electron chi connectivity index (χ4n) is 2.14. The lowest BCUT2D eigenvalue weighted by molar-refractivity contribution is 0.419. The highest BCUT2D eigenvalue weighted by Gasteiger charge is 2.26. The summed E-state index contributed by atoms with van der Waals surface area (Å²) in [4.78, 5) is 3.99. The second kappa shape index (κ2) is 8.33. The molecule has 0 saturated carbocycles. The Bertz CT molecular complexity index is 794. The van der Waals surface area contributed by atoms with Crippen molar-refractivity contribution < 1.29 is 13.3 Å². The van der Waals surface area contributed by atoms with Gasteiger partial charge < -0.3 is 10.5 Å². The number of nitrogen functional groups attached to an aromatic ring is 1. The largest absolute Gasteiger partial charge is 0.434 e. The van der Waals surface area contributed by atoms with Crippen LogP contribution in [0.15, 0.2) is 30.5 Å². The molecule has 142 valence electrons. The molecular weight excluding hydrogens is 377 g/mol. The van der Waals surface area contributed by atoms with Crippen LogP contribution in [0.3, 0.4) is 0 Å². The van der Waals surface area contributed by atoms with E-state index in [1.807, 2.05) is 27.7 Å². The Labute approximate surface area is 160 Å². The lowest BCUT2D eigenvalue weighted by Crippen LogP contribution is -2.35. The highest BCUT2D eigenvalue weighted by molar-refractivity contribution is 7.84. The van der Waals surface area contributed by atoms with Crippen LogP contribution in [-0.4, -0.2) is 13.9 Å². The van der Waals surface area contributed by atoms with Crippen LogP contribution in [-0.2, 0) is 11.0 Å². The zero-order valence-electron chi connectivity index (χ0n) is 15.2. The molecule has 2 rings (SSSR count). The minimum absolute atomic E-state index is 0.122. The molecule has 3 N–H and O–H groups in total. The van der Waals surface area contributed by atoms with Crippen LogP contribution in [0.4, 0.5) is 10.1 Å². The summed E-state index contributed by atoms with van der Waals surface area (Å²) in [5.74, 6) is -0.555. The Morgan fingerprint density at radius 1 is 1.35 bits per heavy atom. The van der Waals surface area contributed by atoms with Crippen molar-refractivity contribution in [3.05, 3.63) is 46.9 Å². The molecule has 1 aromatic heterocycles. The number of pyridine rings is 1. The van der Waals surface area contributed by atoms with Crippen LogP contribution in [0.1, 0.15) is 45.7 Å². The van der Waals surface area contributed by atoms with Gasteiger partial charge in [0.15, 0.2) is 11.6 Å². The van der Waals surface area contributed by atoms with Gasteiger partial charge in [-0.05, 0) is 39.3 Å². The first kappa shape index (κ1) is 20.6. The van der Waals surface area contributed by atoms with Gasteiger partial charge in [0, 0.05) is 17.7 Å². The Balaban J connectivity index is 2.35. The number of nitrogens with one attached hydrogen (secondary N) is 1. The zero-order chi connectivity index (χ0) is 19.5. The first-order chi connectivity index (χ1) is 12.1. The molecule has 0 fully saturated rings. The van der Waals surface area contributed by atoms with Crippen molar-refractivity contribution in [2.24, 2.45) is 0 Å². The van der Waals surface area contributed by atoms with Crippen molar-refractivity contribution in [2.75, 3.05) is 5.73 Å². The molecule has 0 saturated heterocycles. The molecule has 0 spiro atoms. The molecule has 2 aromatic rings. The molecule has 8 heteroatoms. The van der Waals surface area contributed by atoms with Gasteiger partial charge in [-0.1, -0.05) is 24.6 Å². The second-order valence-electron chi connectivity index (χ2n) is 6.77. The standard InChI is InChI=1S/C18H23ClFN3O2S/c1-5-14(23-26(24)18(2,3)4)12-7-8-13(19)17(16(12)20)25-15-9-6-11(21)10-22-15/h6-10,14,23H,5,21H2,1-4H3/t14-,26?/m1/s1. The molecule has 0 radical (unpaired) electrons. The van der Waals surface area contributed by atoms with Crippen LogP contribution in [0.5, 0.6) is 11.6 Å². The highest BCUT2D eigenvalue weighted by atomic mass is 35.5. The Hall–Kier alpha value is -1.70. The summed E-state index contributed by atoms with van der Waals surface area (Å²) < 4.78 is 35.5. The van der Waals surface area contributed by atoms with Gasteiger partial charge in [-0.2, -0.15) is 0 Å². The predicted octanol–water partition coefficient (Wildman–Crippen LogP) is 4.75. The maximum atomic E-state index is 15.1. The number of rotatable bonds is 6. The van der Waals surface area contributed by atoms with Gasteiger partial charge in [-0.15, -0.1) is 0 Å². The lowest BCUT2D eigenvalue weighted by atomic mass is 10.0. The molecule has 1 aromatic carbocycles. The average Bonchev–Trinajstić information content (AvgIpc) is 2.57. The maximum Gasteiger partial charge on any atom is 0.219 e. The molecule has 0 aliphatic rings. The number of anilines is 1. The van der Waals surface area contributed by atoms with E-state index in [1.165, 1.54) is 12.3 Å². The van der Waals surface area contributed by atoms with E-state index in [9.17, 15) is 4.21 Å². The lowest BCUT2D eigenvalue weighted by Gasteiger charge is -2.24. The van der Waals surface area contributed by atoms with E-state index in [-0.39, 0.29) is 16.7 Å². The second-order valence-corrected chi connectivity index (χ2v) is 9.18. The van der Waals surface area contributed by atoms with E-state index in [2.05, 4.69) is 9.71 Å². The van der Waals surface area contributed by atoms with Gasteiger partial charge in [0.1, 0.15) is 0 Å². The molecule has 1 unspecified atom stereocenters. The molecule has 2 atom stereocenters. The van der Waals surface area contributed by atoms with Crippen molar-refractivity contribution in [1.29, 1.82) is 0 Å². The van der Waals surface area contributed by atoms with Crippen LogP contribution in [0.2, 0.25) is 5.02 Å². The molecule has 0 amide bonds. The molecular formula is C18H23ClFN3O2S. The number of halogens is 2. The summed E-state index contributed by atoms with van der Waals surface area (Å²) >= 11 is 6.11. The van der Waals surface area contributed by atoms with Crippen molar-refractivity contribution in [3.8, 4) is 11.6 Å². The zero-order valence-corrected chi connectivity index (χ0v) is 16.7. The molecule has 0 aliphatic heterocycles. The number of aromatic nitrogens is 1. The quantitative estimate of drug-likeness (QED) is 0.734. The Morgan fingerprint density at radius 3 is 2.58 bits per heavy atom. The summed E-state index contributed by atoms with van der Waals surface area (Å²) in [6.07, 6.45) is 1.95. The van der Waals surface area contributed by atoms with Crippen molar-refractivity contribution >= 4 is 28.3 Å². The number of benzene rings is 1. The van der Waals surface area contributed by atoms with Crippen LogP contribution >= 0.6 is 11.6 Å². The van der Waals surface area contributed by atoms with E-state index in [0.29, 0.717) is 17.7 Å². The molecule has 0 bridgehead atoms. The number of nitrogens with two attached hydrogens (primary N) is 1. The van der Waals surface area contributed by atoms with Crippen LogP contribution < -0.4 is 15.2 Å². The van der Waals surface area contributed by atoms with E-state index >= 15 is 4.39 Å². The normalized spacial score (nSPS) is 14.1. The molecule has 1 heterocycles. The summed E-state index contributed by atoms with van der Waals surface area (Å²) in [5.41, 5.74) is 6.39. The van der Waals surface area contributed by atoms with Gasteiger partial charge in [0.25, 0.3) is 0 Å². The number of hydrogen-bond acceptors (Lipinski definition) is 4. The van der Waals surface area contributed by atoms with Gasteiger partial charge in [-0.25, -0.2) is 18.3 Å². The first-order valence-corrected chi connectivity index (χ1v) is 9.71. The van der Waals surface area contributed by atoms with Gasteiger partial charge in [0.2, 0.25) is 5.88 Å². The van der Waals surface area contributed by atoms with E-state index < -0.39 is 27.6 Å². The first-order valence-electron chi connectivity index (χ1n) is 8.18. The fraction of sp³-hybridized carbons (Fsp3) is 0.389. The third kappa shape index (κ3) is 4.93. The highest BCUT2D eigenvalue weighted by Crippen LogP contribution is 2.36. The van der Waals surface area contributed by atoms with Crippen molar-refractivity contribution in [2.45, 2.75) is 44.9 Å². The van der Waals surface area contributed by atoms with Gasteiger partial charge in [-0.3, -0.25) is 0 Å². The summed E-state index contributed by atoms with van der Waals surface area (Å²) in [7, 11) is -1.35. The van der Waals surface area contributed by atoms with Crippen molar-refractivity contribution in [1.82, 2.24) is 9.71 Å².